The van der Waals surface area contributed by atoms with Gasteiger partial charge in [0.25, 0.3) is 0 Å². The van der Waals surface area contributed by atoms with Gasteiger partial charge in [-0.15, -0.1) is 0 Å². The second-order valence-electron chi connectivity index (χ2n) is 4.74. The lowest BCUT2D eigenvalue weighted by Crippen LogP contribution is -2.35. The van der Waals surface area contributed by atoms with E-state index in [2.05, 4.69) is 17.3 Å². The van der Waals surface area contributed by atoms with Gasteiger partial charge in [0.05, 0.1) is 37.6 Å². The molecule has 0 N–H and O–H groups in total. The summed E-state index contributed by atoms with van der Waals surface area (Å²) in [7, 11) is 0. The molecule has 2 aliphatic heterocycles. The minimum atomic E-state index is 0.116. The fraction of sp³-hybridized carbons (Fsp3) is 0.500. The van der Waals surface area contributed by atoms with Crippen LogP contribution in [0.3, 0.4) is 0 Å². The highest BCUT2D eigenvalue weighted by molar-refractivity contribution is 5.88. The van der Waals surface area contributed by atoms with E-state index in [1.54, 1.807) is 0 Å². The van der Waals surface area contributed by atoms with Gasteiger partial charge in [0, 0.05) is 6.42 Å². The molecule has 18 heavy (non-hydrogen) atoms. The maximum Gasteiger partial charge on any atom is 0.127 e. The standard InChI is InChI=1S/C14H17NO3/c1-2-4-11(5-3-1)7-16-10-13-6-14-12(8-17-13)9-18-15-14/h1-5,12-13H,6-10H2. The zero-order valence-electron chi connectivity index (χ0n) is 10.2. The summed E-state index contributed by atoms with van der Waals surface area (Å²) in [6.07, 6.45) is 0.949. The van der Waals surface area contributed by atoms with Gasteiger partial charge < -0.3 is 14.3 Å². The van der Waals surface area contributed by atoms with Crippen molar-refractivity contribution in [1.82, 2.24) is 0 Å². The SMILES string of the molecule is c1ccc(COCC2CC3=NOCC3CO2)cc1. The number of fused-ring (bicyclic) bond motifs is 1. The normalized spacial score (nSPS) is 26.3. The molecule has 4 heteroatoms. The topological polar surface area (TPSA) is 40.0 Å². The van der Waals surface area contributed by atoms with Crippen LogP contribution in [0.2, 0.25) is 0 Å². The Labute approximate surface area is 107 Å². The molecular weight excluding hydrogens is 230 g/mol. The number of hydrogen-bond acceptors (Lipinski definition) is 4. The van der Waals surface area contributed by atoms with Crippen LogP contribution in [0.15, 0.2) is 35.5 Å². The van der Waals surface area contributed by atoms with Gasteiger partial charge in [0.15, 0.2) is 0 Å². The minimum absolute atomic E-state index is 0.116. The van der Waals surface area contributed by atoms with Crippen molar-refractivity contribution in [2.24, 2.45) is 11.1 Å². The molecule has 1 aromatic rings. The lowest BCUT2D eigenvalue weighted by molar-refractivity contribution is -0.0368. The van der Waals surface area contributed by atoms with Crippen LogP contribution in [-0.4, -0.2) is 31.6 Å². The Hall–Kier alpha value is -1.39. The molecule has 0 saturated carbocycles. The van der Waals surface area contributed by atoms with Gasteiger partial charge in [0.2, 0.25) is 0 Å². The van der Waals surface area contributed by atoms with Gasteiger partial charge in [-0.25, -0.2) is 0 Å². The van der Waals surface area contributed by atoms with Gasteiger partial charge in [-0.1, -0.05) is 35.5 Å². The van der Waals surface area contributed by atoms with Crippen LogP contribution in [0.25, 0.3) is 0 Å². The molecule has 2 unspecified atom stereocenters. The lowest BCUT2D eigenvalue weighted by atomic mass is 9.98. The zero-order chi connectivity index (χ0) is 12.2. The summed E-state index contributed by atoms with van der Waals surface area (Å²) < 4.78 is 11.4. The largest absolute Gasteiger partial charge is 0.395 e. The van der Waals surface area contributed by atoms with Gasteiger partial charge in [-0.3, -0.25) is 0 Å². The van der Waals surface area contributed by atoms with Gasteiger partial charge in [-0.05, 0) is 5.56 Å². The average molecular weight is 247 g/mol. The molecule has 0 spiro atoms. The molecule has 96 valence electrons. The summed E-state index contributed by atoms with van der Waals surface area (Å²) in [6.45, 7) is 2.62. The van der Waals surface area contributed by atoms with E-state index in [1.165, 1.54) is 5.56 Å². The monoisotopic (exact) mass is 247 g/mol. The van der Waals surface area contributed by atoms with E-state index in [4.69, 9.17) is 14.3 Å². The van der Waals surface area contributed by atoms with E-state index in [-0.39, 0.29) is 6.10 Å². The average Bonchev–Trinajstić information content (AvgIpc) is 2.87. The second-order valence-corrected chi connectivity index (χ2v) is 4.74. The van der Waals surface area contributed by atoms with Crippen LogP contribution in [0.1, 0.15) is 12.0 Å². The van der Waals surface area contributed by atoms with Crippen molar-refractivity contribution in [3.8, 4) is 0 Å². The van der Waals surface area contributed by atoms with E-state index in [9.17, 15) is 0 Å². The molecule has 2 aliphatic rings. The van der Waals surface area contributed by atoms with Gasteiger partial charge >= 0.3 is 0 Å². The number of benzene rings is 1. The van der Waals surface area contributed by atoms with Crippen molar-refractivity contribution in [2.75, 3.05) is 19.8 Å². The molecule has 0 bridgehead atoms. The van der Waals surface area contributed by atoms with Crippen molar-refractivity contribution < 1.29 is 14.3 Å². The Morgan fingerprint density at radius 3 is 3.00 bits per heavy atom. The molecular formula is C14H17NO3. The Balaban J connectivity index is 1.44. The number of nitrogens with zero attached hydrogens (tertiary/aromatic N) is 1. The highest BCUT2D eigenvalue weighted by Crippen LogP contribution is 2.22. The quantitative estimate of drug-likeness (QED) is 0.817. The first-order chi connectivity index (χ1) is 8.92. The van der Waals surface area contributed by atoms with Crippen molar-refractivity contribution >= 4 is 5.71 Å². The highest BCUT2D eigenvalue weighted by atomic mass is 16.6. The molecule has 1 fully saturated rings. The maximum absolute atomic E-state index is 5.74. The van der Waals surface area contributed by atoms with E-state index in [0.29, 0.717) is 32.3 Å². The third-order valence-corrected chi connectivity index (χ3v) is 3.31. The van der Waals surface area contributed by atoms with E-state index < -0.39 is 0 Å². The highest BCUT2D eigenvalue weighted by Gasteiger charge is 2.31. The van der Waals surface area contributed by atoms with E-state index >= 15 is 0 Å². The Morgan fingerprint density at radius 1 is 1.22 bits per heavy atom. The molecule has 0 aliphatic carbocycles. The number of hydrogen-bond donors (Lipinski definition) is 0. The predicted molar refractivity (Wildman–Crippen MR) is 67.3 cm³/mol. The maximum atomic E-state index is 5.74. The van der Waals surface area contributed by atoms with Crippen molar-refractivity contribution in [3.63, 3.8) is 0 Å². The molecule has 4 nitrogen and oxygen atoms in total. The second kappa shape index (κ2) is 5.50. The third kappa shape index (κ3) is 2.71. The van der Waals surface area contributed by atoms with Crippen molar-refractivity contribution in [3.05, 3.63) is 35.9 Å². The smallest absolute Gasteiger partial charge is 0.127 e. The van der Waals surface area contributed by atoms with Crippen LogP contribution in [0.5, 0.6) is 0 Å². The number of oxime groups is 1. The van der Waals surface area contributed by atoms with Crippen LogP contribution < -0.4 is 0 Å². The first-order valence-electron chi connectivity index (χ1n) is 6.34. The number of ether oxygens (including phenoxy) is 2. The fourth-order valence-electron chi connectivity index (χ4n) is 2.26. The summed E-state index contributed by atoms with van der Waals surface area (Å²) in [5.74, 6) is 0.371. The molecule has 0 aromatic heterocycles. The van der Waals surface area contributed by atoms with Crippen LogP contribution in [0, 0.1) is 5.92 Å². The summed E-state index contributed by atoms with van der Waals surface area (Å²) in [6, 6.07) is 10.2. The summed E-state index contributed by atoms with van der Waals surface area (Å²) in [5, 5.41) is 4.06. The Bertz CT molecular complexity index is 418. The number of rotatable bonds is 4. The minimum Gasteiger partial charge on any atom is -0.395 e. The van der Waals surface area contributed by atoms with Gasteiger partial charge in [-0.2, -0.15) is 0 Å². The molecule has 0 amide bonds. The first-order valence-corrected chi connectivity index (χ1v) is 6.34. The molecule has 1 saturated heterocycles. The summed E-state index contributed by atoms with van der Waals surface area (Å²) in [5.41, 5.74) is 2.32. The van der Waals surface area contributed by atoms with Crippen molar-refractivity contribution in [2.45, 2.75) is 19.1 Å². The molecule has 1 aromatic carbocycles. The van der Waals surface area contributed by atoms with Gasteiger partial charge in [0.1, 0.15) is 6.61 Å². The van der Waals surface area contributed by atoms with Crippen molar-refractivity contribution in [1.29, 1.82) is 0 Å². The molecule has 3 rings (SSSR count). The molecule has 0 radical (unpaired) electrons. The third-order valence-electron chi connectivity index (χ3n) is 3.31. The molecule has 2 atom stereocenters. The molecule has 2 heterocycles. The summed E-state index contributed by atoms with van der Waals surface area (Å²) in [4.78, 5) is 5.08. The fourth-order valence-corrected chi connectivity index (χ4v) is 2.26. The van der Waals surface area contributed by atoms with Crippen LogP contribution in [0.4, 0.5) is 0 Å². The lowest BCUT2D eigenvalue weighted by Gasteiger charge is -2.25. The Kier molecular flexibility index (Phi) is 3.57. The zero-order valence-corrected chi connectivity index (χ0v) is 10.2. The van der Waals surface area contributed by atoms with Crippen LogP contribution in [-0.2, 0) is 20.9 Å². The van der Waals surface area contributed by atoms with Crippen LogP contribution >= 0.6 is 0 Å². The summed E-state index contributed by atoms with van der Waals surface area (Å²) >= 11 is 0. The predicted octanol–water partition coefficient (Wildman–Crippen LogP) is 1.99. The van der Waals surface area contributed by atoms with E-state index in [1.807, 2.05) is 18.2 Å². The Morgan fingerprint density at radius 2 is 2.11 bits per heavy atom. The first kappa shape index (κ1) is 11.7. The van der Waals surface area contributed by atoms with E-state index in [0.717, 1.165) is 12.1 Å².